The molecule has 1 saturated carbocycles. The Kier molecular flexibility index (Phi) is 4.78. The van der Waals surface area contributed by atoms with Gasteiger partial charge in [-0.25, -0.2) is 17.8 Å². The van der Waals surface area contributed by atoms with Gasteiger partial charge in [-0.15, -0.1) is 0 Å². The number of carbonyl (C=O) groups is 1. The van der Waals surface area contributed by atoms with Crippen LogP contribution in [-0.4, -0.2) is 37.2 Å². The van der Waals surface area contributed by atoms with Crippen LogP contribution in [0.5, 0.6) is 0 Å². The quantitative estimate of drug-likeness (QED) is 0.692. The lowest BCUT2D eigenvalue weighted by Gasteiger charge is -2.25. The van der Waals surface area contributed by atoms with E-state index in [2.05, 4.69) is 15.1 Å². The lowest BCUT2D eigenvalue weighted by atomic mass is 9.93. The molecule has 1 aliphatic carbocycles. The normalized spacial score (nSPS) is 14.9. The molecule has 3 N–H and O–H groups in total. The van der Waals surface area contributed by atoms with Crippen molar-refractivity contribution in [3.63, 3.8) is 0 Å². The van der Waals surface area contributed by atoms with Crippen molar-refractivity contribution in [2.24, 2.45) is 0 Å². The summed E-state index contributed by atoms with van der Waals surface area (Å²) in [6.45, 7) is 0. The molecule has 3 rings (SSSR count). The summed E-state index contributed by atoms with van der Waals surface area (Å²) in [4.78, 5) is 24.2. The number of amides is 1. The molecule has 8 nitrogen and oxygen atoms in total. The molecule has 1 fully saturated rings. The highest BCUT2D eigenvalue weighted by Crippen LogP contribution is 2.18. The molecular weight excluding hydrogens is 344 g/mol. The third-order valence-electron chi connectivity index (χ3n) is 4.27. The Balaban J connectivity index is 1.77. The molecule has 0 unspecified atom stereocenters. The minimum absolute atomic E-state index is 0.140. The number of H-pyrrole nitrogens is 1. The topological polar surface area (TPSA) is 113 Å². The van der Waals surface area contributed by atoms with E-state index in [-0.39, 0.29) is 29.0 Å². The number of carbonyl (C=O) groups excluding carboxylic acids is 1. The van der Waals surface area contributed by atoms with Crippen LogP contribution in [0.25, 0.3) is 5.69 Å². The number of hydrogen-bond donors (Lipinski definition) is 3. The Morgan fingerprint density at radius 1 is 1.28 bits per heavy atom. The number of nitrogens with one attached hydrogen (secondary N) is 3. The molecule has 0 saturated heterocycles. The van der Waals surface area contributed by atoms with Crippen molar-refractivity contribution >= 4 is 15.9 Å². The number of nitrogens with zero attached hydrogens (tertiary/aromatic N) is 1. The first-order valence-electron chi connectivity index (χ1n) is 8.01. The van der Waals surface area contributed by atoms with E-state index in [0.29, 0.717) is 11.3 Å². The van der Waals surface area contributed by atoms with Crippen molar-refractivity contribution in [1.82, 2.24) is 19.8 Å². The Bertz CT molecular complexity index is 924. The van der Waals surface area contributed by atoms with E-state index in [0.717, 1.165) is 19.3 Å². The zero-order valence-corrected chi connectivity index (χ0v) is 14.6. The molecule has 1 heterocycles. The molecule has 0 radical (unpaired) electrons. The van der Waals surface area contributed by atoms with Gasteiger partial charge in [0.1, 0.15) is 5.69 Å². The number of sulfonamides is 1. The van der Waals surface area contributed by atoms with Crippen molar-refractivity contribution in [3.8, 4) is 5.69 Å². The summed E-state index contributed by atoms with van der Waals surface area (Å²) in [5, 5.41) is 5.66. The number of aromatic amines is 1. The fourth-order valence-corrected chi connectivity index (χ4v) is 3.33. The first kappa shape index (κ1) is 17.4. The van der Waals surface area contributed by atoms with E-state index >= 15 is 0 Å². The SMILES string of the molecule is CNS(=O)(=O)Cc1ccc(-n2[nH]c(C(=O)NC3CCC3)cc2=O)cc1. The molecule has 9 heteroatoms. The smallest absolute Gasteiger partial charge is 0.271 e. The molecule has 1 aliphatic rings. The maximum absolute atomic E-state index is 12.1. The van der Waals surface area contributed by atoms with Gasteiger partial charge in [-0.3, -0.25) is 14.7 Å². The molecule has 1 aromatic heterocycles. The van der Waals surface area contributed by atoms with Crippen molar-refractivity contribution in [1.29, 1.82) is 0 Å². The van der Waals surface area contributed by atoms with Crippen LogP contribution in [0.3, 0.4) is 0 Å². The van der Waals surface area contributed by atoms with Crippen LogP contribution in [0, 0.1) is 0 Å². The van der Waals surface area contributed by atoms with Crippen molar-refractivity contribution in [3.05, 3.63) is 51.9 Å². The molecule has 0 aliphatic heterocycles. The standard InChI is InChI=1S/C16H20N4O4S/c1-17-25(23,24)10-11-5-7-13(8-6-11)20-15(21)9-14(19-20)16(22)18-12-3-2-4-12/h5-9,12,17,19H,2-4,10H2,1H3,(H,18,22). The molecule has 25 heavy (non-hydrogen) atoms. The number of hydrogen-bond acceptors (Lipinski definition) is 4. The number of aromatic nitrogens is 2. The van der Waals surface area contributed by atoms with Gasteiger partial charge in [-0.05, 0) is 44.0 Å². The summed E-state index contributed by atoms with van der Waals surface area (Å²) >= 11 is 0. The van der Waals surface area contributed by atoms with Gasteiger partial charge in [0, 0.05) is 12.1 Å². The predicted molar refractivity (Wildman–Crippen MR) is 93.2 cm³/mol. The van der Waals surface area contributed by atoms with E-state index in [1.165, 1.54) is 17.8 Å². The molecule has 0 spiro atoms. The molecule has 2 aromatic rings. The van der Waals surface area contributed by atoms with Gasteiger partial charge in [-0.1, -0.05) is 12.1 Å². The summed E-state index contributed by atoms with van der Waals surface area (Å²) in [6.07, 6.45) is 3.04. The summed E-state index contributed by atoms with van der Waals surface area (Å²) < 4.78 is 26.6. The second kappa shape index (κ2) is 6.85. The average molecular weight is 364 g/mol. The van der Waals surface area contributed by atoms with Crippen molar-refractivity contribution in [2.45, 2.75) is 31.1 Å². The zero-order valence-electron chi connectivity index (χ0n) is 13.8. The Morgan fingerprint density at radius 2 is 1.96 bits per heavy atom. The van der Waals surface area contributed by atoms with E-state index in [1.54, 1.807) is 24.3 Å². The van der Waals surface area contributed by atoms with E-state index in [9.17, 15) is 18.0 Å². The first-order chi connectivity index (χ1) is 11.9. The Labute approximate surface area is 145 Å². The molecule has 0 bridgehead atoms. The fraction of sp³-hybridized carbons (Fsp3) is 0.375. The van der Waals surface area contributed by atoms with Crippen LogP contribution < -0.4 is 15.6 Å². The molecule has 0 atom stereocenters. The second-order valence-electron chi connectivity index (χ2n) is 6.07. The molecule has 1 amide bonds. The van der Waals surface area contributed by atoms with E-state index in [4.69, 9.17) is 0 Å². The van der Waals surface area contributed by atoms with Crippen LogP contribution in [0.2, 0.25) is 0 Å². The largest absolute Gasteiger partial charge is 0.348 e. The summed E-state index contributed by atoms with van der Waals surface area (Å²) in [5.41, 5.74) is 0.979. The molecule has 1 aromatic carbocycles. The van der Waals surface area contributed by atoms with Gasteiger partial charge in [0.2, 0.25) is 10.0 Å². The van der Waals surface area contributed by atoms with Crippen LogP contribution in [-0.2, 0) is 15.8 Å². The molecular formula is C16H20N4O4S. The predicted octanol–water partition coefficient (Wildman–Crippen LogP) is 0.497. The minimum atomic E-state index is -3.35. The van der Waals surface area contributed by atoms with Gasteiger partial charge >= 0.3 is 0 Å². The first-order valence-corrected chi connectivity index (χ1v) is 9.66. The minimum Gasteiger partial charge on any atom is -0.348 e. The summed E-state index contributed by atoms with van der Waals surface area (Å²) in [7, 11) is -1.99. The maximum Gasteiger partial charge on any atom is 0.271 e. The fourth-order valence-electron chi connectivity index (χ4n) is 2.55. The second-order valence-corrected chi connectivity index (χ2v) is 8.00. The van der Waals surface area contributed by atoms with Gasteiger partial charge in [-0.2, -0.15) is 0 Å². The highest BCUT2D eigenvalue weighted by Gasteiger charge is 2.21. The summed E-state index contributed by atoms with van der Waals surface area (Å²) in [6, 6.07) is 7.97. The number of benzene rings is 1. The summed E-state index contributed by atoms with van der Waals surface area (Å²) in [5.74, 6) is -0.435. The van der Waals surface area contributed by atoms with Gasteiger partial charge in [0.25, 0.3) is 11.5 Å². The highest BCUT2D eigenvalue weighted by atomic mass is 32.2. The third-order valence-corrected chi connectivity index (χ3v) is 5.60. The third kappa shape index (κ3) is 3.99. The highest BCUT2D eigenvalue weighted by molar-refractivity contribution is 7.88. The van der Waals surface area contributed by atoms with E-state index in [1.807, 2.05) is 0 Å². The van der Waals surface area contributed by atoms with Crippen molar-refractivity contribution in [2.75, 3.05) is 7.05 Å². The number of rotatable bonds is 6. The van der Waals surface area contributed by atoms with Gasteiger partial charge in [0.05, 0.1) is 11.4 Å². The maximum atomic E-state index is 12.1. The molecule has 134 valence electrons. The van der Waals surface area contributed by atoms with Crippen LogP contribution in [0.1, 0.15) is 35.3 Å². The zero-order chi connectivity index (χ0) is 18.0. The lowest BCUT2D eigenvalue weighted by Crippen LogP contribution is -2.39. The van der Waals surface area contributed by atoms with Crippen molar-refractivity contribution < 1.29 is 13.2 Å². The monoisotopic (exact) mass is 364 g/mol. The van der Waals surface area contributed by atoms with Gasteiger partial charge < -0.3 is 5.32 Å². The van der Waals surface area contributed by atoms with Crippen LogP contribution in [0.4, 0.5) is 0 Å². The van der Waals surface area contributed by atoms with Crippen LogP contribution >= 0.6 is 0 Å². The average Bonchev–Trinajstić information content (AvgIpc) is 2.93. The van der Waals surface area contributed by atoms with Crippen LogP contribution in [0.15, 0.2) is 35.1 Å². The Hall–Kier alpha value is -2.39. The van der Waals surface area contributed by atoms with Gasteiger partial charge in [0.15, 0.2) is 0 Å². The Morgan fingerprint density at radius 3 is 2.52 bits per heavy atom. The van der Waals surface area contributed by atoms with E-state index < -0.39 is 10.0 Å². The lowest BCUT2D eigenvalue weighted by molar-refractivity contribution is 0.0911.